The molecule has 0 bridgehead atoms. The predicted molar refractivity (Wildman–Crippen MR) is 63.8 cm³/mol. The summed E-state index contributed by atoms with van der Waals surface area (Å²) in [6, 6.07) is 0.330. The lowest BCUT2D eigenvalue weighted by atomic mass is 10.2. The number of nitrogens with one attached hydrogen (secondary N) is 2. The Bertz CT molecular complexity index is 400. The maximum absolute atomic E-state index is 12.1. The Balaban J connectivity index is 2.07. The maximum Gasteiger partial charge on any atom is 0.293 e. The normalized spacial score (nSPS) is 20.9. The van der Waals surface area contributed by atoms with Crippen molar-refractivity contribution in [1.82, 2.24) is 25.4 Å². The highest BCUT2D eigenvalue weighted by Crippen LogP contribution is 2.10. The minimum atomic E-state index is -0.0819. The molecular formula is C11H19N5O. The van der Waals surface area contributed by atoms with Crippen LogP contribution in [0.5, 0.6) is 0 Å². The summed E-state index contributed by atoms with van der Waals surface area (Å²) in [5.41, 5.74) is 0. The van der Waals surface area contributed by atoms with Gasteiger partial charge in [0.25, 0.3) is 5.91 Å². The van der Waals surface area contributed by atoms with Gasteiger partial charge >= 0.3 is 0 Å². The lowest BCUT2D eigenvalue weighted by molar-refractivity contribution is 0.0697. The van der Waals surface area contributed by atoms with Gasteiger partial charge in [0.15, 0.2) is 0 Å². The van der Waals surface area contributed by atoms with Crippen LogP contribution in [0, 0.1) is 0 Å². The first kappa shape index (κ1) is 12.0. The lowest BCUT2D eigenvalue weighted by Gasteiger charge is -2.30. The number of amides is 1. The Kier molecular flexibility index (Phi) is 3.42. The van der Waals surface area contributed by atoms with E-state index in [0.29, 0.717) is 19.1 Å². The highest BCUT2D eigenvalue weighted by atomic mass is 16.2. The average Bonchev–Trinajstić information content (AvgIpc) is 2.77. The molecule has 17 heavy (non-hydrogen) atoms. The van der Waals surface area contributed by atoms with E-state index < -0.39 is 0 Å². The molecule has 1 aliphatic heterocycles. The number of aromatic amines is 1. The van der Waals surface area contributed by atoms with Crippen molar-refractivity contribution < 1.29 is 4.79 Å². The summed E-state index contributed by atoms with van der Waals surface area (Å²) < 4.78 is 0. The lowest BCUT2D eigenvalue weighted by Crippen LogP contribution is -2.51. The zero-order chi connectivity index (χ0) is 12.4. The monoisotopic (exact) mass is 237 g/mol. The van der Waals surface area contributed by atoms with E-state index in [2.05, 4.69) is 27.4 Å². The highest BCUT2D eigenvalue weighted by Gasteiger charge is 2.24. The molecule has 0 aliphatic carbocycles. The number of nitrogens with zero attached hydrogens (tertiary/aromatic N) is 3. The summed E-state index contributed by atoms with van der Waals surface area (Å²) in [6.45, 7) is 8.35. The van der Waals surface area contributed by atoms with Gasteiger partial charge in [0, 0.05) is 31.6 Å². The summed E-state index contributed by atoms with van der Waals surface area (Å²) in [7, 11) is 0. The molecule has 1 fully saturated rings. The summed E-state index contributed by atoms with van der Waals surface area (Å²) in [5, 5.41) is 10.1. The van der Waals surface area contributed by atoms with Crippen LogP contribution in [0.1, 0.15) is 43.1 Å². The van der Waals surface area contributed by atoms with Crippen molar-refractivity contribution in [1.29, 1.82) is 0 Å². The van der Waals surface area contributed by atoms with E-state index in [9.17, 15) is 4.79 Å². The molecule has 1 aromatic heterocycles. The second kappa shape index (κ2) is 4.83. The molecule has 1 atom stereocenters. The standard InChI is InChI=1S/C11H19N5O/c1-7(2)9-13-10(15-14-9)11(17)16-5-4-12-8(3)6-16/h7-8,12H,4-6H2,1-3H3,(H,13,14,15)/t8-/m1/s1. The molecular weight excluding hydrogens is 218 g/mol. The topological polar surface area (TPSA) is 73.9 Å². The number of hydrogen-bond acceptors (Lipinski definition) is 4. The first-order valence-electron chi connectivity index (χ1n) is 6.03. The Morgan fingerprint density at radius 1 is 1.53 bits per heavy atom. The zero-order valence-electron chi connectivity index (χ0n) is 10.5. The van der Waals surface area contributed by atoms with E-state index in [1.54, 1.807) is 4.90 Å². The number of H-pyrrole nitrogens is 1. The quantitative estimate of drug-likeness (QED) is 0.779. The van der Waals surface area contributed by atoms with Crippen LogP contribution in [-0.4, -0.2) is 51.7 Å². The summed E-state index contributed by atoms with van der Waals surface area (Å²) in [6.07, 6.45) is 0. The SMILES string of the molecule is CC(C)c1nc(C(=O)N2CCN[C@H](C)C2)n[nH]1. The van der Waals surface area contributed by atoms with Gasteiger partial charge in [-0.05, 0) is 6.92 Å². The molecule has 6 heteroatoms. The molecule has 2 heterocycles. The summed E-state index contributed by atoms with van der Waals surface area (Å²) >= 11 is 0. The first-order valence-corrected chi connectivity index (χ1v) is 6.03. The third kappa shape index (κ3) is 2.63. The smallest absolute Gasteiger partial charge is 0.293 e. The van der Waals surface area contributed by atoms with Crippen LogP contribution < -0.4 is 5.32 Å². The molecule has 94 valence electrons. The minimum absolute atomic E-state index is 0.0819. The fraction of sp³-hybridized carbons (Fsp3) is 0.727. The molecule has 0 unspecified atom stereocenters. The van der Waals surface area contributed by atoms with E-state index in [1.165, 1.54) is 0 Å². The van der Waals surface area contributed by atoms with Crippen LogP contribution in [0.15, 0.2) is 0 Å². The second-order valence-electron chi connectivity index (χ2n) is 4.81. The Labute approximate surface area is 101 Å². The van der Waals surface area contributed by atoms with Crippen LogP contribution >= 0.6 is 0 Å². The van der Waals surface area contributed by atoms with Gasteiger partial charge in [-0.2, -0.15) is 0 Å². The van der Waals surface area contributed by atoms with Gasteiger partial charge < -0.3 is 10.2 Å². The average molecular weight is 237 g/mol. The van der Waals surface area contributed by atoms with Crippen LogP contribution in [0.3, 0.4) is 0 Å². The molecule has 2 rings (SSSR count). The fourth-order valence-corrected chi connectivity index (χ4v) is 1.89. The number of rotatable bonds is 2. The van der Waals surface area contributed by atoms with E-state index in [0.717, 1.165) is 12.4 Å². The largest absolute Gasteiger partial charge is 0.333 e. The third-order valence-electron chi connectivity index (χ3n) is 2.90. The first-order chi connectivity index (χ1) is 8.08. The molecule has 1 amide bonds. The van der Waals surface area contributed by atoms with E-state index in [1.807, 2.05) is 13.8 Å². The number of carbonyl (C=O) groups excluding carboxylic acids is 1. The minimum Gasteiger partial charge on any atom is -0.333 e. The number of aromatic nitrogens is 3. The Morgan fingerprint density at radius 3 is 2.88 bits per heavy atom. The fourth-order valence-electron chi connectivity index (χ4n) is 1.89. The Hall–Kier alpha value is -1.43. The molecule has 0 aromatic carbocycles. The number of hydrogen-bond donors (Lipinski definition) is 2. The molecule has 0 spiro atoms. The van der Waals surface area contributed by atoms with E-state index >= 15 is 0 Å². The van der Waals surface area contributed by atoms with Crippen molar-refractivity contribution in [3.8, 4) is 0 Å². The highest BCUT2D eigenvalue weighted by molar-refractivity contribution is 5.90. The van der Waals surface area contributed by atoms with Crippen molar-refractivity contribution in [2.24, 2.45) is 0 Å². The molecule has 0 saturated carbocycles. The van der Waals surface area contributed by atoms with Gasteiger partial charge in [0.05, 0.1) is 0 Å². The third-order valence-corrected chi connectivity index (χ3v) is 2.90. The van der Waals surface area contributed by atoms with Crippen molar-refractivity contribution in [3.63, 3.8) is 0 Å². The number of piperazine rings is 1. The molecule has 2 N–H and O–H groups in total. The van der Waals surface area contributed by atoms with Crippen LogP contribution in [0.2, 0.25) is 0 Å². The molecule has 0 radical (unpaired) electrons. The maximum atomic E-state index is 12.1. The molecule has 1 aliphatic rings. The van der Waals surface area contributed by atoms with Crippen molar-refractivity contribution in [3.05, 3.63) is 11.6 Å². The van der Waals surface area contributed by atoms with Gasteiger partial charge in [0.2, 0.25) is 5.82 Å². The van der Waals surface area contributed by atoms with Gasteiger partial charge in [-0.25, -0.2) is 4.98 Å². The van der Waals surface area contributed by atoms with Gasteiger partial charge in [-0.3, -0.25) is 9.89 Å². The van der Waals surface area contributed by atoms with Crippen LogP contribution in [0.25, 0.3) is 0 Å². The number of carbonyl (C=O) groups is 1. The van der Waals surface area contributed by atoms with Crippen LogP contribution in [0.4, 0.5) is 0 Å². The van der Waals surface area contributed by atoms with Crippen molar-refractivity contribution >= 4 is 5.91 Å². The van der Waals surface area contributed by atoms with Crippen LogP contribution in [-0.2, 0) is 0 Å². The Morgan fingerprint density at radius 2 is 2.29 bits per heavy atom. The van der Waals surface area contributed by atoms with Gasteiger partial charge in [-0.1, -0.05) is 13.8 Å². The van der Waals surface area contributed by atoms with E-state index in [4.69, 9.17) is 0 Å². The van der Waals surface area contributed by atoms with E-state index in [-0.39, 0.29) is 17.6 Å². The second-order valence-corrected chi connectivity index (χ2v) is 4.81. The molecule has 1 aromatic rings. The predicted octanol–water partition coefficient (Wildman–Crippen LogP) is 0.362. The van der Waals surface area contributed by atoms with Gasteiger partial charge in [-0.15, -0.1) is 5.10 Å². The van der Waals surface area contributed by atoms with Crippen molar-refractivity contribution in [2.45, 2.75) is 32.7 Å². The van der Waals surface area contributed by atoms with Crippen molar-refractivity contribution in [2.75, 3.05) is 19.6 Å². The zero-order valence-corrected chi connectivity index (χ0v) is 10.5. The summed E-state index contributed by atoms with van der Waals surface area (Å²) in [5.74, 6) is 1.21. The molecule has 6 nitrogen and oxygen atoms in total. The summed E-state index contributed by atoms with van der Waals surface area (Å²) in [4.78, 5) is 18.2. The van der Waals surface area contributed by atoms with Gasteiger partial charge in [0.1, 0.15) is 5.82 Å². The molecule has 1 saturated heterocycles.